The van der Waals surface area contributed by atoms with Gasteiger partial charge in [-0.1, -0.05) is 33.3 Å². The van der Waals surface area contributed by atoms with Gasteiger partial charge < -0.3 is 0 Å². The SMILES string of the molecule is C=C(C)C(=O)N(CC)N(CCCC)CCCC. The topological polar surface area (TPSA) is 23.6 Å². The van der Waals surface area contributed by atoms with Gasteiger partial charge in [0.2, 0.25) is 0 Å². The second kappa shape index (κ2) is 9.23. The van der Waals surface area contributed by atoms with Crippen LogP contribution < -0.4 is 0 Å². The molecule has 0 aliphatic rings. The zero-order valence-corrected chi connectivity index (χ0v) is 12.0. The van der Waals surface area contributed by atoms with Gasteiger partial charge in [0.1, 0.15) is 0 Å². The molecule has 0 aliphatic carbocycles. The summed E-state index contributed by atoms with van der Waals surface area (Å²) in [7, 11) is 0. The number of hydrogen-bond donors (Lipinski definition) is 0. The maximum absolute atomic E-state index is 12.0. The first kappa shape index (κ1) is 16.2. The molecule has 0 spiro atoms. The molecule has 0 radical (unpaired) electrons. The fourth-order valence-corrected chi connectivity index (χ4v) is 1.73. The Morgan fingerprint density at radius 1 is 1.06 bits per heavy atom. The first-order chi connectivity index (χ1) is 8.08. The monoisotopic (exact) mass is 240 g/mol. The Morgan fingerprint density at radius 2 is 1.53 bits per heavy atom. The van der Waals surface area contributed by atoms with E-state index in [4.69, 9.17) is 0 Å². The lowest BCUT2D eigenvalue weighted by molar-refractivity contribution is -0.144. The Balaban J connectivity index is 4.57. The van der Waals surface area contributed by atoms with E-state index in [0.29, 0.717) is 5.57 Å². The maximum Gasteiger partial charge on any atom is 0.263 e. The van der Waals surface area contributed by atoms with Crippen LogP contribution in [0.5, 0.6) is 0 Å². The molecule has 0 saturated heterocycles. The van der Waals surface area contributed by atoms with Crippen molar-refractivity contribution < 1.29 is 4.79 Å². The molecule has 0 unspecified atom stereocenters. The average Bonchev–Trinajstić information content (AvgIpc) is 2.32. The third-order valence-corrected chi connectivity index (χ3v) is 2.78. The molecule has 17 heavy (non-hydrogen) atoms. The summed E-state index contributed by atoms with van der Waals surface area (Å²) in [6.07, 6.45) is 4.57. The van der Waals surface area contributed by atoms with E-state index >= 15 is 0 Å². The van der Waals surface area contributed by atoms with Crippen molar-refractivity contribution in [3.8, 4) is 0 Å². The number of carbonyl (C=O) groups excluding carboxylic acids is 1. The maximum atomic E-state index is 12.0. The van der Waals surface area contributed by atoms with Gasteiger partial charge in [-0.25, -0.2) is 5.01 Å². The number of amides is 1. The van der Waals surface area contributed by atoms with Crippen LogP contribution in [-0.2, 0) is 4.79 Å². The highest BCUT2D eigenvalue weighted by Gasteiger charge is 2.19. The van der Waals surface area contributed by atoms with E-state index in [1.807, 2.05) is 11.9 Å². The van der Waals surface area contributed by atoms with Gasteiger partial charge in [0, 0.05) is 25.2 Å². The molecule has 0 atom stereocenters. The summed E-state index contributed by atoms with van der Waals surface area (Å²) in [5, 5.41) is 4.03. The van der Waals surface area contributed by atoms with Crippen LogP contribution in [0.25, 0.3) is 0 Å². The molecule has 0 aliphatic heterocycles. The van der Waals surface area contributed by atoms with Crippen molar-refractivity contribution in [2.75, 3.05) is 19.6 Å². The van der Waals surface area contributed by atoms with Crippen LogP contribution >= 0.6 is 0 Å². The zero-order chi connectivity index (χ0) is 13.3. The second-order valence-corrected chi connectivity index (χ2v) is 4.46. The minimum atomic E-state index is 0.0553. The van der Waals surface area contributed by atoms with E-state index in [1.54, 1.807) is 6.92 Å². The van der Waals surface area contributed by atoms with Crippen molar-refractivity contribution in [1.82, 2.24) is 10.0 Å². The van der Waals surface area contributed by atoms with Gasteiger partial charge in [-0.15, -0.1) is 0 Å². The van der Waals surface area contributed by atoms with Gasteiger partial charge in [-0.05, 0) is 26.7 Å². The van der Waals surface area contributed by atoms with Crippen molar-refractivity contribution in [2.45, 2.75) is 53.4 Å². The van der Waals surface area contributed by atoms with Gasteiger partial charge in [0.15, 0.2) is 0 Å². The fourth-order valence-electron chi connectivity index (χ4n) is 1.73. The Bertz CT molecular complexity index is 230. The summed E-state index contributed by atoms with van der Waals surface area (Å²) in [4.78, 5) is 12.0. The van der Waals surface area contributed by atoms with Crippen LogP contribution in [0.3, 0.4) is 0 Å². The summed E-state index contributed by atoms with van der Waals surface area (Å²) < 4.78 is 0. The average molecular weight is 240 g/mol. The standard InChI is InChI=1S/C14H28N2O/c1-6-9-11-15(12-10-7-2)16(8-3)14(17)13(4)5/h4,6-12H2,1-3,5H3. The van der Waals surface area contributed by atoms with Gasteiger partial charge in [0.05, 0.1) is 0 Å². The summed E-state index contributed by atoms with van der Waals surface area (Å²) in [6.45, 7) is 14.5. The van der Waals surface area contributed by atoms with Gasteiger partial charge in [-0.2, -0.15) is 0 Å². The third-order valence-electron chi connectivity index (χ3n) is 2.78. The highest BCUT2D eigenvalue weighted by molar-refractivity contribution is 5.91. The molecule has 0 N–H and O–H groups in total. The number of hydrogen-bond acceptors (Lipinski definition) is 2. The molecule has 0 fully saturated rings. The predicted octanol–water partition coefficient (Wildman–Crippen LogP) is 3.23. The predicted molar refractivity (Wildman–Crippen MR) is 73.6 cm³/mol. The number of rotatable bonds is 9. The molecule has 1 amide bonds. The van der Waals surface area contributed by atoms with Crippen molar-refractivity contribution in [3.63, 3.8) is 0 Å². The Kier molecular flexibility index (Phi) is 8.78. The Hall–Kier alpha value is -0.830. The molecule has 3 nitrogen and oxygen atoms in total. The highest BCUT2D eigenvalue weighted by Crippen LogP contribution is 2.08. The lowest BCUT2D eigenvalue weighted by Gasteiger charge is -2.34. The summed E-state index contributed by atoms with van der Waals surface area (Å²) in [6, 6.07) is 0. The van der Waals surface area contributed by atoms with Crippen molar-refractivity contribution in [3.05, 3.63) is 12.2 Å². The van der Waals surface area contributed by atoms with Crippen LogP contribution in [0.15, 0.2) is 12.2 Å². The number of nitrogens with zero attached hydrogens (tertiary/aromatic N) is 2. The zero-order valence-electron chi connectivity index (χ0n) is 12.0. The molecule has 0 saturated carbocycles. The molecule has 0 aromatic heterocycles. The molecule has 0 rings (SSSR count). The van der Waals surface area contributed by atoms with Crippen molar-refractivity contribution in [1.29, 1.82) is 0 Å². The number of carbonyl (C=O) groups is 1. The number of hydrazine groups is 1. The normalized spacial score (nSPS) is 10.6. The number of unbranched alkanes of at least 4 members (excludes halogenated alkanes) is 2. The second-order valence-electron chi connectivity index (χ2n) is 4.46. The first-order valence-corrected chi connectivity index (χ1v) is 6.80. The Morgan fingerprint density at radius 3 is 1.82 bits per heavy atom. The van der Waals surface area contributed by atoms with Crippen LogP contribution in [0.2, 0.25) is 0 Å². The molecule has 0 aromatic carbocycles. The molecule has 100 valence electrons. The summed E-state index contributed by atoms with van der Waals surface area (Å²) >= 11 is 0. The van der Waals surface area contributed by atoms with E-state index in [-0.39, 0.29) is 5.91 Å². The molecule has 0 bridgehead atoms. The van der Waals surface area contributed by atoms with Gasteiger partial charge in [0.25, 0.3) is 5.91 Å². The van der Waals surface area contributed by atoms with Crippen molar-refractivity contribution in [2.24, 2.45) is 0 Å². The van der Waals surface area contributed by atoms with Gasteiger partial charge >= 0.3 is 0 Å². The number of likely N-dealkylation sites (N-methyl/N-ethyl adjacent to an activating group) is 1. The minimum absolute atomic E-state index is 0.0553. The van der Waals surface area contributed by atoms with E-state index in [1.165, 1.54) is 0 Å². The van der Waals surface area contributed by atoms with Crippen LogP contribution in [0, 0.1) is 0 Å². The molecule has 3 heteroatoms. The fraction of sp³-hybridized carbons (Fsp3) is 0.786. The van der Waals surface area contributed by atoms with Crippen LogP contribution in [-0.4, -0.2) is 35.6 Å². The van der Waals surface area contributed by atoms with E-state index in [0.717, 1.165) is 45.3 Å². The van der Waals surface area contributed by atoms with Crippen LogP contribution in [0.4, 0.5) is 0 Å². The largest absolute Gasteiger partial charge is 0.272 e. The Labute approximate surface area is 106 Å². The molecular formula is C14H28N2O. The van der Waals surface area contributed by atoms with Crippen molar-refractivity contribution >= 4 is 5.91 Å². The lowest BCUT2D eigenvalue weighted by Crippen LogP contribution is -2.47. The van der Waals surface area contributed by atoms with E-state index < -0.39 is 0 Å². The minimum Gasteiger partial charge on any atom is -0.272 e. The van der Waals surface area contributed by atoms with Gasteiger partial charge in [-0.3, -0.25) is 9.80 Å². The van der Waals surface area contributed by atoms with E-state index in [9.17, 15) is 4.79 Å². The third kappa shape index (κ3) is 5.87. The van der Waals surface area contributed by atoms with E-state index in [2.05, 4.69) is 25.4 Å². The molecular weight excluding hydrogens is 212 g/mol. The van der Waals surface area contributed by atoms with Crippen LogP contribution in [0.1, 0.15) is 53.4 Å². The highest BCUT2D eigenvalue weighted by atomic mass is 16.2. The smallest absolute Gasteiger partial charge is 0.263 e. The molecule has 0 aromatic rings. The summed E-state index contributed by atoms with van der Waals surface area (Å²) in [5.74, 6) is 0.0553. The molecule has 0 heterocycles. The lowest BCUT2D eigenvalue weighted by atomic mass is 10.2. The first-order valence-electron chi connectivity index (χ1n) is 6.80. The summed E-state index contributed by atoms with van der Waals surface area (Å²) in [5.41, 5.74) is 0.616. The quantitative estimate of drug-likeness (QED) is 0.456.